The molecule has 2 atom stereocenters. The second-order valence-corrected chi connectivity index (χ2v) is 5.06. The first-order chi connectivity index (χ1) is 10.0. The van der Waals surface area contributed by atoms with Gasteiger partial charge in [0.05, 0.1) is 24.8 Å². The van der Waals surface area contributed by atoms with Gasteiger partial charge in [-0.3, -0.25) is 4.79 Å². The Labute approximate surface area is 123 Å². The van der Waals surface area contributed by atoms with Crippen LogP contribution in [0.1, 0.15) is 22.3 Å². The minimum atomic E-state index is -0.392. The molecule has 2 unspecified atom stereocenters. The second kappa shape index (κ2) is 6.69. The molecule has 0 bridgehead atoms. The van der Waals surface area contributed by atoms with Gasteiger partial charge in [0, 0.05) is 19.3 Å². The van der Waals surface area contributed by atoms with Crippen LogP contribution in [0.2, 0.25) is 0 Å². The highest BCUT2D eigenvalue weighted by Crippen LogP contribution is 2.19. The fourth-order valence-corrected chi connectivity index (χ4v) is 2.35. The lowest BCUT2D eigenvalue weighted by Gasteiger charge is -2.13. The summed E-state index contributed by atoms with van der Waals surface area (Å²) in [6, 6.07) is 4.78. The van der Waals surface area contributed by atoms with Gasteiger partial charge in [-0.1, -0.05) is 0 Å². The van der Waals surface area contributed by atoms with Gasteiger partial charge in [0.2, 0.25) is 5.91 Å². The molecule has 0 spiro atoms. The minimum absolute atomic E-state index is 0.0727. The van der Waals surface area contributed by atoms with Gasteiger partial charge in [-0.15, -0.1) is 0 Å². The lowest BCUT2D eigenvalue weighted by Crippen LogP contribution is -2.35. The van der Waals surface area contributed by atoms with Gasteiger partial charge in [0.15, 0.2) is 0 Å². The number of anilines is 1. The maximum absolute atomic E-state index is 12.2. The van der Waals surface area contributed by atoms with E-state index in [0.717, 1.165) is 5.56 Å². The van der Waals surface area contributed by atoms with E-state index in [4.69, 9.17) is 4.74 Å². The van der Waals surface area contributed by atoms with E-state index in [-0.39, 0.29) is 18.1 Å². The van der Waals surface area contributed by atoms with E-state index >= 15 is 0 Å². The zero-order valence-corrected chi connectivity index (χ0v) is 12.4. The van der Waals surface area contributed by atoms with Crippen molar-refractivity contribution in [1.82, 2.24) is 5.32 Å². The summed E-state index contributed by atoms with van der Waals surface area (Å²) in [6.45, 7) is 2.51. The first-order valence-corrected chi connectivity index (χ1v) is 6.81. The molecule has 6 heteroatoms. The fraction of sp³-hybridized carbons (Fsp3) is 0.467. The average Bonchev–Trinajstić information content (AvgIpc) is 2.97. The van der Waals surface area contributed by atoms with E-state index in [1.54, 1.807) is 25.3 Å². The molecule has 1 amide bonds. The maximum atomic E-state index is 12.2. The van der Waals surface area contributed by atoms with E-state index in [1.165, 1.54) is 7.11 Å². The number of benzene rings is 1. The Bertz CT molecular complexity index is 544. The molecule has 1 aromatic rings. The van der Waals surface area contributed by atoms with Crippen molar-refractivity contribution >= 4 is 17.6 Å². The zero-order chi connectivity index (χ0) is 15.4. The van der Waals surface area contributed by atoms with Gasteiger partial charge in [-0.2, -0.15) is 0 Å². The van der Waals surface area contributed by atoms with Crippen molar-refractivity contribution < 1.29 is 19.1 Å². The van der Waals surface area contributed by atoms with Crippen LogP contribution in [0.5, 0.6) is 0 Å². The van der Waals surface area contributed by atoms with Crippen LogP contribution in [0.25, 0.3) is 0 Å². The molecule has 0 aromatic heterocycles. The third-order valence-electron chi connectivity index (χ3n) is 3.65. The SMILES string of the molecule is COC(=O)c1ccc(NC(=O)C2CC(OC)CN2)c(C)c1. The monoisotopic (exact) mass is 292 g/mol. The molecule has 6 nitrogen and oxygen atoms in total. The molecule has 2 N–H and O–H groups in total. The summed E-state index contributed by atoms with van der Waals surface area (Å²) in [5, 5.41) is 6.00. The number of esters is 1. The standard InChI is InChI=1S/C15H20N2O4/c1-9-6-10(15(19)21-3)4-5-12(9)17-14(18)13-7-11(20-2)8-16-13/h4-6,11,13,16H,7-8H2,1-3H3,(H,17,18). The smallest absolute Gasteiger partial charge is 0.337 e. The Kier molecular flexibility index (Phi) is 4.93. The van der Waals surface area contributed by atoms with Crippen molar-refractivity contribution in [3.05, 3.63) is 29.3 Å². The van der Waals surface area contributed by atoms with Crippen LogP contribution in [-0.4, -0.2) is 44.8 Å². The fourth-order valence-electron chi connectivity index (χ4n) is 2.35. The van der Waals surface area contributed by atoms with Crippen LogP contribution >= 0.6 is 0 Å². The van der Waals surface area contributed by atoms with Crippen LogP contribution in [-0.2, 0) is 14.3 Å². The number of aryl methyl sites for hydroxylation is 1. The molecule has 1 aliphatic heterocycles. The van der Waals surface area contributed by atoms with E-state index < -0.39 is 5.97 Å². The maximum Gasteiger partial charge on any atom is 0.337 e. The molecule has 0 aliphatic carbocycles. The third-order valence-corrected chi connectivity index (χ3v) is 3.65. The van der Waals surface area contributed by atoms with E-state index in [9.17, 15) is 9.59 Å². The quantitative estimate of drug-likeness (QED) is 0.813. The van der Waals surface area contributed by atoms with Crippen molar-refractivity contribution in [2.75, 3.05) is 26.1 Å². The Balaban J connectivity index is 2.03. The lowest BCUT2D eigenvalue weighted by molar-refractivity contribution is -0.118. The molecular weight excluding hydrogens is 272 g/mol. The van der Waals surface area contributed by atoms with E-state index in [0.29, 0.717) is 24.2 Å². The lowest BCUT2D eigenvalue weighted by atomic mass is 10.1. The molecule has 114 valence electrons. The summed E-state index contributed by atoms with van der Waals surface area (Å²) in [6.07, 6.45) is 0.727. The number of carbonyl (C=O) groups excluding carboxylic acids is 2. The first kappa shape index (κ1) is 15.5. The highest BCUT2D eigenvalue weighted by atomic mass is 16.5. The molecule has 1 fully saturated rings. The van der Waals surface area contributed by atoms with Crippen molar-refractivity contribution in [2.24, 2.45) is 0 Å². The van der Waals surface area contributed by atoms with Crippen LogP contribution in [0.3, 0.4) is 0 Å². The van der Waals surface area contributed by atoms with Crippen LogP contribution in [0.15, 0.2) is 18.2 Å². The zero-order valence-electron chi connectivity index (χ0n) is 12.4. The number of nitrogens with one attached hydrogen (secondary N) is 2. The molecule has 0 saturated carbocycles. The number of hydrogen-bond donors (Lipinski definition) is 2. The molecule has 1 aliphatic rings. The van der Waals surface area contributed by atoms with Crippen molar-refractivity contribution in [3.63, 3.8) is 0 Å². The third kappa shape index (κ3) is 3.59. The van der Waals surface area contributed by atoms with Gasteiger partial charge in [-0.05, 0) is 37.1 Å². The van der Waals surface area contributed by atoms with Crippen molar-refractivity contribution in [3.8, 4) is 0 Å². The summed E-state index contributed by atoms with van der Waals surface area (Å²) < 4.78 is 9.89. The summed E-state index contributed by atoms with van der Waals surface area (Å²) in [7, 11) is 2.98. The predicted octanol–water partition coefficient (Wildman–Crippen LogP) is 1.10. The number of methoxy groups -OCH3 is 2. The van der Waals surface area contributed by atoms with Crippen LogP contribution < -0.4 is 10.6 Å². The normalized spacial score (nSPS) is 21.1. The van der Waals surface area contributed by atoms with Crippen LogP contribution in [0.4, 0.5) is 5.69 Å². The number of carbonyl (C=O) groups is 2. The van der Waals surface area contributed by atoms with Gasteiger partial charge < -0.3 is 20.1 Å². The van der Waals surface area contributed by atoms with Gasteiger partial charge >= 0.3 is 5.97 Å². The van der Waals surface area contributed by atoms with Gasteiger partial charge in [0.1, 0.15) is 0 Å². The highest BCUT2D eigenvalue weighted by Gasteiger charge is 2.29. The molecule has 1 saturated heterocycles. The minimum Gasteiger partial charge on any atom is -0.465 e. The number of ether oxygens (including phenoxy) is 2. The number of rotatable bonds is 4. The predicted molar refractivity (Wildman–Crippen MR) is 78.4 cm³/mol. The highest BCUT2D eigenvalue weighted by molar-refractivity contribution is 5.97. The van der Waals surface area contributed by atoms with Crippen molar-refractivity contribution in [1.29, 1.82) is 0 Å². The average molecular weight is 292 g/mol. The topological polar surface area (TPSA) is 76.7 Å². The Morgan fingerprint density at radius 1 is 1.33 bits per heavy atom. The molecule has 2 rings (SSSR count). The summed E-state index contributed by atoms with van der Waals surface area (Å²) in [5.74, 6) is -0.486. The Morgan fingerprint density at radius 3 is 2.67 bits per heavy atom. The number of amides is 1. The number of hydrogen-bond acceptors (Lipinski definition) is 5. The molecular formula is C15H20N2O4. The molecule has 21 heavy (non-hydrogen) atoms. The van der Waals surface area contributed by atoms with Gasteiger partial charge in [0.25, 0.3) is 0 Å². The molecule has 1 heterocycles. The molecule has 0 radical (unpaired) electrons. The summed E-state index contributed by atoms with van der Waals surface area (Å²) in [5.41, 5.74) is 1.97. The van der Waals surface area contributed by atoms with Crippen molar-refractivity contribution in [2.45, 2.75) is 25.5 Å². The molecule has 1 aromatic carbocycles. The summed E-state index contributed by atoms with van der Waals surface area (Å²) >= 11 is 0. The largest absolute Gasteiger partial charge is 0.465 e. The first-order valence-electron chi connectivity index (χ1n) is 6.81. The Hall–Kier alpha value is -1.92. The van der Waals surface area contributed by atoms with E-state index in [1.807, 2.05) is 6.92 Å². The summed E-state index contributed by atoms with van der Waals surface area (Å²) in [4.78, 5) is 23.6. The van der Waals surface area contributed by atoms with Crippen LogP contribution in [0, 0.1) is 6.92 Å². The second-order valence-electron chi connectivity index (χ2n) is 5.06. The Morgan fingerprint density at radius 2 is 2.10 bits per heavy atom. The van der Waals surface area contributed by atoms with E-state index in [2.05, 4.69) is 15.4 Å². The van der Waals surface area contributed by atoms with Gasteiger partial charge in [-0.25, -0.2) is 4.79 Å².